The summed E-state index contributed by atoms with van der Waals surface area (Å²) in [7, 11) is 0. The molecule has 0 amide bonds. The Hall–Kier alpha value is -11.1. The third-order valence-electron chi connectivity index (χ3n) is 19.1. The molecular weight excluding hydrogens is 1090 g/mol. The maximum absolute atomic E-state index is 2.68. The molecule has 0 atom stereocenters. The Morgan fingerprint density at radius 3 is 1.28 bits per heavy atom. The number of aromatic nitrogens is 2. The van der Waals surface area contributed by atoms with Crippen LogP contribution in [0, 0.1) is 0 Å². The molecule has 89 heavy (non-hydrogen) atoms. The van der Waals surface area contributed by atoms with Gasteiger partial charge in [-0.25, -0.2) is 0 Å². The van der Waals surface area contributed by atoms with Crippen LogP contribution in [-0.2, 0) is 0 Å². The lowest BCUT2D eigenvalue weighted by Crippen LogP contribution is -2.60. The summed E-state index contributed by atoms with van der Waals surface area (Å²) in [5.41, 5.74) is 23.9. The van der Waals surface area contributed by atoms with Gasteiger partial charge in [-0.15, -0.1) is 0 Å². The van der Waals surface area contributed by atoms with Gasteiger partial charge in [0.25, 0.3) is 0 Å². The van der Waals surface area contributed by atoms with Crippen molar-refractivity contribution in [3.63, 3.8) is 0 Å². The van der Waals surface area contributed by atoms with Crippen molar-refractivity contribution in [3.8, 4) is 55.9 Å². The minimum atomic E-state index is -0.109. The first-order chi connectivity index (χ1) is 44.2. The first-order valence-electron chi connectivity index (χ1n) is 30.8. The molecule has 0 N–H and O–H groups in total. The van der Waals surface area contributed by atoms with E-state index in [1.807, 2.05) is 11.8 Å². The van der Waals surface area contributed by atoms with Crippen molar-refractivity contribution in [2.45, 2.75) is 9.79 Å². The highest BCUT2D eigenvalue weighted by Gasteiger charge is 2.43. The fourth-order valence-electron chi connectivity index (χ4n) is 15.4. The molecule has 0 bridgehead atoms. The number of anilines is 3. The maximum atomic E-state index is 2.68. The molecule has 2 aromatic heterocycles. The van der Waals surface area contributed by atoms with Crippen LogP contribution in [0.1, 0.15) is 0 Å². The van der Waals surface area contributed by atoms with E-state index in [0.29, 0.717) is 0 Å². The van der Waals surface area contributed by atoms with Crippen LogP contribution in [0.2, 0.25) is 0 Å². The van der Waals surface area contributed by atoms with Crippen molar-refractivity contribution in [2.75, 3.05) is 4.90 Å². The van der Waals surface area contributed by atoms with Gasteiger partial charge in [0.2, 0.25) is 6.71 Å². The molecule has 3 nitrogen and oxygen atoms in total. The van der Waals surface area contributed by atoms with Gasteiger partial charge in [0, 0.05) is 65.2 Å². The van der Waals surface area contributed by atoms with Gasteiger partial charge < -0.3 is 14.0 Å². The zero-order chi connectivity index (χ0) is 58.3. The fourth-order valence-corrected chi connectivity index (χ4v) is 16.7. The van der Waals surface area contributed by atoms with E-state index in [2.05, 4.69) is 329 Å². The van der Waals surface area contributed by atoms with Crippen molar-refractivity contribution in [2.24, 2.45) is 0 Å². The van der Waals surface area contributed by atoms with Gasteiger partial charge in [-0.2, -0.15) is 0 Å². The normalized spacial score (nSPS) is 12.6. The molecule has 412 valence electrons. The fraction of sp³-hybridized carbons (Fsp3) is 0. The minimum Gasteiger partial charge on any atom is -0.310 e. The monoisotopic (exact) mass is 1150 g/mol. The van der Waals surface area contributed by atoms with E-state index in [-0.39, 0.29) is 6.71 Å². The number of nitrogens with zero attached hydrogens (tertiary/aromatic N) is 3. The number of para-hydroxylation sites is 5. The van der Waals surface area contributed by atoms with Crippen LogP contribution in [0.15, 0.2) is 325 Å². The van der Waals surface area contributed by atoms with E-state index in [1.165, 1.54) is 130 Å². The minimum absolute atomic E-state index is 0.109. The van der Waals surface area contributed by atoms with Crippen LogP contribution in [0.5, 0.6) is 0 Å². The first kappa shape index (κ1) is 50.1. The lowest BCUT2D eigenvalue weighted by atomic mass is 9.34. The molecule has 15 aromatic carbocycles. The van der Waals surface area contributed by atoms with E-state index in [0.717, 1.165) is 45.0 Å². The third-order valence-corrected chi connectivity index (χ3v) is 20.3. The van der Waals surface area contributed by atoms with Crippen molar-refractivity contribution in [3.05, 3.63) is 315 Å². The predicted molar refractivity (Wildman–Crippen MR) is 379 cm³/mol. The molecule has 17 aromatic rings. The van der Waals surface area contributed by atoms with Crippen molar-refractivity contribution in [1.82, 2.24) is 9.13 Å². The maximum Gasteiger partial charge on any atom is 0.249 e. The average Bonchev–Trinajstić information content (AvgIpc) is 1.70. The lowest BCUT2D eigenvalue weighted by molar-refractivity contribution is 1.15. The van der Waals surface area contributed by atoms with Crippen LogP contribution in [0.3, 0.4) is 0 Å². The summed E-state index contributed by atoms with van der Waals surface area (Å²) in [5.74, 6) is 0. The molecule has 0 radical (unpaired) electrons. The summed E-state index contributed by atoms with van der Waals surface area (Å²) in [6.45, 7) is -0.109. The quantitative estimate of drug-likeness (QED) is 0.117. The van der Waals surface area contributed by atoms with Crippen molar-refractivity contribution >= 4 is 128 Å². The third kappa shape index (κ3) is 7.49. The second-order valence-electron chi connectivity index (χ2n) is 23.8. The summed E-state index contributed by atoms with van der Waals surface area (Å²) in [6, 6.07) is 118. The predicted octanol–water partition coefficient (Wildman–Crippen LogP) is 20.8. The smallest absolute Gasteiger partial charge is 0.249 e. The summed E-state index contributed by atoms with van der Waals surface area (Å²) in [4.78, 5) is 5.19. The number of hydrogen-bond donors (Lipinski definition) is 0. The standard InChI is InChI=1S/C84H52BN3S/c1-3-23-54(24-4-1)60-38-22-39-61(55-25-5-2-6-26-55)84(60)88-77-49-56(81-67-34-9-11-36-69(67)82(70-37-12-10-35-68(70)81)66-40-21-28-53-27-7-8-29-59(53)66)45-47-71(77)85-72-48-46-57(86-73-41-17-13-30-62(73)63-31-14-18-42-74(63)86)51-79(72)89-80-52-58(50-78(88)83(80)85)87-75-43-19-15-32-64(75)65-33-16-20-44-76(65)87/h1-52H. The Morgan fingerprint density at radius 2 is 0.708 bits per heavy atom. The lowest BCUT2D eigenvalue weighted by Gasteiger charge is -2.42. The van der Waals surface area contributed by atoms with Gasteiger partial charge >= 0.3 is 0 Å². The molecule has 0 saturated carbocycles. The van der Waals surface area contributed by atoms with Crippen molar-refractivity contribution < 1.29 is 0 Å². The van der Waals surface area contributed by atoms with E-state index in [1.54, 1.807) is 0 Å². The Morgan fingerprint density at radius 1 is 0.270 bits per heavy atom. The van der Waals surface area contributed by atoms with Gasteiger partial charge in [0.05, 0.1) is 27.8 Å². The summed E-state index contributed by atoms with van der Waals surface area (Å²) < 4.78 is 4.98. The zero-order valence-corrected chi connectivity index (χ0v) is 49.2. The van der Waals surface area contributed by atoms with E-state index in [9.17, 15) is 0 Å². The molecule has 2 aliphatic rings. The zero-order valence-electron chi connectivity index (χ0n) is 48.3. The van der Waals surface area contributed by atoms with Crippen LogP contribution in [-0.4, -0.2) is 15.8 Å². The van der Waals surface area contributed by atoms with Gasteiger partial charge in [0.15, 0.2) is 0 Å². The first-order valence-corrected chi connectivity index (χ1v) is 31.6. The van der Waals surface area contributed by atoms with Gasteiger partial charge in [0.1, 0.15) is 0 Å². The highest BCUT2D eigenvalue weighted by Crippen LogP contribution is 2.53. The molecule has 4 heterocycles. The van der Waals surface area contributed by atoms with Crippen LogP contribution < -0.4 is 21.3 Å². The summed E-state index contributed by atoms with van der Waals surface area (Å²) in [5, 5.41) is 12.4. The van der Waals surface area contributed by atoms with Gasteiger partial charge in [-0.3, -0.25) is 0 Å². The largest absolute Gasteiger partial charge is 0.310 e. The SMILES string of the molecule is c1ccc(-c2cccc(-c3ccccc3)c2N2c3cc(-c4c5ccccc5c(-c5cccc6ccccc56)c5ccccc45)ccc3B3c4ccc(-n5c6ccccc6c6ccccc65)cc4Sc4cc(-n5c6ccccc6c6ccccc65)cc2c43)cc1. The Kier molecular flexibility index (Phi) is 11.1. The molecule has 2 aliphatic heterocycles. The van der Waals surface area contributed by atoms with Gasteiger partial charge in [-0.1, -0.05) is 278 Å². The second kappa shape index (κ2) is 19.7. The topological polar surface area (TPSA) is 13.1 Å². The second-order valence-corrected chi connectivity index (χ2v) is 24.9. The Labute approximate surface area is 519 Å². The molecule has 19 rings (SSSR count). The van der Waals surface area contributed by atoms with E-state index < -0.39 is 0 Å². The Balaban J connectivity index is 0.941. The molecule has 0 unspecified atom stereocenters. The van der Waals surface area contributed by atoms with Crippen LogP contribution in [0.4, 0.5) is 17.1 Å². The molecule has 0 aliphatic carbocycles. The molecule has 0 spiro atoms. The molecule has 5 heteroatoms. The summed E-state index contributed by atoms with van der Waals surface area (Å²) in [6.07, 6.45) is 0. The van der Waals surface area contributed by atoms with E-state index >= 15 is 0 Å². The van der Waals surface area contributed by atoms with Crippen LogP contribution >= 0.6 is 11.8 Å². The highest BCUT2D eigenvalue weighted by molar-refractivity contribution is 8.00. The summed E-state index contributed by atoms with van der Waals surface area (Å²) >= 11 is 1.92. The number of fused-ring (bicyclic) bond motifs is 13. The number of rotatable bonds is 7. The van der Waals surface area contributed by atoms with E-state index in [4.69, 9.17) is 0 Å². The molecular formula is C84H52BN3S. The Bertz CT molecular complexity index is 5580. The van der Waals surface area contributed by atoms with Crippen LogP contribution in [0.25, 0.3) is 132 Å². The number of hydrogen-bond acceptors (Lipinski definition) is 2. The molecule has 0 saturated heterocycles. The average molecular weight is 1150 g/mol. The highest BCUT2D eigenvalue weighted by atomic mass is 32.2. The van der Waals surface area contributed by atoms with Crippen molar-refractivity contribution in [1.29, 1.82) is 0 Å². The van der Waals surface area contributed by atoms with Gasteiger partial charge in [-0.05, 0) is 131 Å². The number of benzene rings is 15. The molecule has 0 fully saturated rings.